The molecule has 4 rings (SSSR count). The van der Waals surface area contributed by atoms with Gasteiger partial charge in [0, 0.05) is 25.2 Å². The molecule has 0 N–H and O–H groups in total. The van der Waals surface area contributed by atoms with Crippen LogP contribution in [-0.4, -0.2) is 54.7 Å². The molecule has 6 nitrogen and oxygen atoms in total. The van der Waals surface area contributed by atoms with Crippen LogP contribution in [0.1, 0.15) is 18.9 Å². The second-order valence-corrected chi connectivity index (χ2v) is 7.06. The zero-order chi connectivity index (χ0) is 17.4. The average molecular weight is 357 g/mol. The van der Waals surface area contributed by atoms with Crippen molar-refractivity contribution in [1.82, 2.24) is 4.90 Å². The molecule has 0 aliphatic carbocycles. The highest BCUT2D eigenvalue weighted by molar-refractivity contribution is 8.18. The van der Waals surface area contributed by atoms with E-state index in [2.05, 4.69) is 9.89 Å². The van der Waals surface area contributed by atoms with Crippen molar-refractivity contribution in [1.29, 1.82) is 0 Å². The second kappa shape index (κ2) is 6.65. The summed E-state index contributed by atoms with van der Waals surface area (Å²) in [6.45, 7) is 5.37. The number of rotatable bonds is 2. The Balaban J connectivity index is 1.71. The Hall–Kier alpha value is -2.12. The maximum atomic E-state index is 13.0. The number of amidine groups is 1. The van der Waals surface area contributed by atoms with Crippen LogP contribution in [0.2, 0.25) is 0 Å². The minimum absolute atomic E-state index is 0.0997. The van der Waals surface area contributed by atoms with Gasteiger partial charge in [-0.2, -0.15) is 4.99 Å². The van der Waals surface area contributed by atoms with E-state index in [1.54, 1.807) is 4.90 Å². The summed E-state index contributed by atoms with van der Waals surface area (Å²) in [5, 5.41) is 0.676. The zero-order valence-corrected chi connectivity index (χ0v) is 14.8. The maximum Gasteiger partial charge on any atom is 0.287 e. The van der Waals surface area contributed by atoms with Gasteiger partial charge in [0.25, 0.3) is 11.8 Å². The van der Waals surface area contributed by atoms with Crippen molar-refractivity contribution in [2.24, 2.45) is 4.99 Å². The van der Waals surface area contributed by atoms with Gasteiger partial charge in [-0.1, -0.05) is 25.1 Å². The van der Waals surface area contributed by atoms with Gasteiger partial charge in [0.05, 0.1) is 29.4 Å². The summed E-state index contributed by atoms with van der Waals surface area (Å²) in [5.41, 5.74) is 2.20. The number of carbonyl (C=O) groups excluding carboxylic acids is 2. The third-order valence-corrected chi connectivity index (χ3v) is 5.58. The summed E-state index contributed by atoms with van der Waals surface area (Å²) in [7, 11) is 0. The second-order valence-electron chi connectivity index (χ2n) is 6.08. The van der Waals surface area contributed by atoms with E-state index >= 15 is 0 Å². The third-order valence-electron chi connectivity index (χ3n) is 4.46. The van der Waals surface area contributed by atoms with E-state index < -0.39 is 0 Å². The molecule has 0 unspecified atom stereocenters. The molecule has 0 atom stereocenters. The van der Waals surface area contributed by atoms with E-state index in [4.69, 9.17) is 4.74 Å². The Morgan fingerprint density at radius 2 is 1.96 bits per heavy atom. The van der Waals surface area contributed by atoms with Crippen LogP contribution < -0.4 is 4.90 Å². The molecule has 1 aromatic rings. The molecule has 25 heavy (non-hydrogen) atoms. The summed E-state index contributed by atoms with van der Waals surface area (Å²) in [4.78, 5) is 34.0. The molecule has 2 amide bonds. The first-order chi connectivity index (χ1) is 12.2. The first-order valence-electron chi connectivity index (χ1n) is 8.50. The van der Waals surface area contributed by atoms with Gasteiger partial charge < -0.3 is 14.5 Å². The van der Waals surface area contributed by atoms with Crippen LogP contribution in [0.3, 0.4) is 0 Å². The molecule has 0 radical (unpaired) electrons. The molecule has 130 valence electrons. The predicted octanol–water partition coefficient (Wildman–Crippen LogP) is 2.12. The number of thioether (sulfide) groups is 1. The number of para-hydroxylation sites is 1. The van der Waals surface area contributed by atoms with Gasteiger partial charge in [-0.25, -0.2) is 0 Å². The monoisotopic (exact) mass is 357 g/mol. The van der Waals surface area contributed by atoms with Gasteiger partial charge in [0.1, 0.15) is 0 Å². The standard InChI is InChI=1S/C18H19N3O3S/c1-2-7-21-13-6-4-3-5-12(13)14(17(21)23)15-16(22)19-18(25-15)20-8-10-24-11-9-20/h3-6H,2,7-11H2,1H3. The van der Waals surface area contributed by atoms with E-state index in [1.807, 2.05) is 31.2 Å². The lowest BCUT2D eigenvalue weighted by molar-refractivity contribution is -0.115. The Morgan fingerprint density at radius 3 is 2.72 bits per heavy atom. The van der Waals surface area contributed by atoms with Crippen molar-refractivity contribution in [3.63, 3.8) is 0 Å². The fourth-order valence-corrected chi connectivity index (χ4v) is 4.34. The highest BCUT2D eigenvalue weighted by Gasteiger charge is 2.39. The molecule has 0 saturated carbocycles. The molecular weight excluding hydrogens is 338 g/mol. The largest absolute Gasteiger partial charge is 0.378 e. The van der Waals surface area contributed by atoms with Crippen LogP contribution in [0, 0.1) is 0 Å². The van der Waals surface area contributed by atoms with Gasteiger partial charge in [-0.3, -0.25) is 9.59 Å². The van der Waals surface area contributed by atoms with E-state index in [0.29, 0.717) is 48.5 Å². The number of amides is 2. The Kier molecular flexibility index (Phi) is 4.35. The van der Waals surface area contributed by atoms with Crippen molar-refractivity contribution in [3.05, 3.63) is 34.7 Å². The van der Waals surface area contributed by atoms with Gasteiger partial charge in [0.2, 0.25) is 0 Å². The van der Waals surface area contributed by atoms with E-state index in [1.165, 1.54) is 11.8 Å². The van der Waals surface area contributed by atoms with Crippen LogP contribution in [0.4, 0.5) is 5.69 Å². The average Bonchev–Trinajstić information content (AvgIpc) is 3.14. The lowest BCUT2D eigenvalue weighted by atomic mass is 10.1. The topological polar surface area (TPSA) is 62.2 Å². The highest BCUT2D eigenvalue weighted by Crippen LogP contribution is 2.43. The van der Waals surface area contributed by atoms with Gasteiger partial charge in [-0.15, -0.1) is 0 Å². The first kappa shape index (κ1) is 16.4. The first-order valence-corrected chi connectivity index (χ1v) is 9.31. The number of ether oxygens (including phenoxy) is 1. The minimum Gasteiger partial charge on any atom is -0.378 e. The smallest absolute Gasteiger partial charge is 0.287 e. The van der Waals surface area contributed by atoms with E-state index in [0.717, 1.165) is 17.7 Å². The highest BCUT2D eigenvalue weighted by atomic mass is 32.2. The minimum atomic E-state index is -0.317. The fourth-order valence-electron chi connectivity index (χ4n) is 3.29. The molecule has 3 aliphatic heterocycles. The van der Waals surface area contributed by atoms with Crippen LogP contribution in [-0.2, 0) is 14.3 Å². The Morgan fingerprint density at radius 1 is 1.20 bits per heavy atom. The predicted molar refractivity (Wildman–Crippen MR) is 98.4 cm³/mol. The number of nitrogens with zero attached hydrogens (tertiary/aromatic N) is 3. The number of hydrogen-bond acceptors (Lipinski definition) is 5. The molecular formula is C18H19N3O3S. The fraction of sp³-hybridized carbons (Fsp3) is 0.389. The molecule has 3 aliphatic rings. The number of aliphatic imine (C=N–C) groups is 1. The lowest BCUT2D eigenvalue weighted by Gasteiger charge is -2.27. The Labute approximate surface area is 150 Å². The summed E-state index contributed by atoms with van der Waals surface area (Å²) >= 11 is 1.31. The van der Waals surface area contributed by atoms with Crippen molar-refractivity contribution in [2.75, 3.05) is 37.7 Å². The van der Waals surface area contributed by atoms with Crippen molar-refractivity contribution < 1.29 is 14.3 Å². The third kappa shape index (κ3) is 2.77. The molecule has 1 saturated heterocycles. The molecule has 1 fully saturated rings. The number of morpholine rings is 1. The van der Waals surface area contributed by atoms with Crippen LogP contribution in [0.25, 0.3) is 5.57 Å². The van der Waals surface area contributed by atoms with Gasteiger partial charge >= 0.3 is 0 Å². The summed E-state index contributed by atoms with van der Waals surface area (Å²) in [5.74, 6) is -0.416. The molecule has 1 aromatic carbocycles. The van der Waals surface area contributed by atoms with Crippen molar-refractivity contribution >= 4 is 40.0 Å². The number of anilines is 1. The van der Waals surface area contributed by atoms with Crippen molar-refractivity contribution in [2.45, 2.75) is 13.3 Å². The molecule has 0 aromatic heterocycles. The normalized spacial score (nSPS) is 23.3. The number of benzene rings is 1. The van der Waals surface area contributed by atoms with Gasteiger partial charge in [0.15, 0.2) is 5.17 Å². The number of fused-ring (bicyclic) bond motifs is 1. The summed E-state index contributed by atoms with van der Waals surface area (Å²) in [6.07, 6.45) is 0.860. The Bertz CT molecular complexity index is 797. The quantitative estimate of drug-likeness (QED) is 0.759. The lowest BCUT2D eigenvalue weighted by Crippen LogP contribution is -2.38. The molecule has 0 bridgehead atoms. The van der Waals surface area contributed by atoms with Crippen molar-refractivity contribution in [3.8, 4) is 0 Å². The molecule has 7 heteroatoms. The van der Waals surface area contributed by atoms with E-state index in [-0.39, 0.29) is 11.8 Å². The summed E-state index contributed by atoms with van der Waals surface area (Å²) in [6, 6.07) is 7.66. The van der Waals surface area contributed by atoms with Crippen LogP contribution >= 0.6 is 11.8 Å². The maximum absolute atomic E-state index is 13.0. The number of carbonyl (C=O) groups is 2. The van der Waals surface area contributed by atoms with Crippen LogP contribution in [0.5, 0.6) is 0 Å². The molecule has 3 heterocycles. The SMILES string of the molecule is CCCN1C(=O)C(=C2SC(N3CCOCC3)=NC2=O)c2ccccc21. The number of hydrogen-bond donors (Lipinski definition) is 0. The zero-order valence-electron chi connectivity index (χ0n) is 14.0. The molecule has 0 spiro atoms. The van der Waals surface area contributed by atoms with Gasteiger partial charge in [-0.05, 0) is 24.2 Å². The summed E-state index contributed by atoms with van der Waals surface area (Å²) < 4.78 is 5.35. The van der Waals surface area contributed by atoms with Crippen LogP contribution in [0.15, 0.2) is 34.2 Å². The van der Waals surface area contributed by atoms with E-state index in [9.17, 15) is 9.59 Å².